The minimum absolute atomic E-state index is 0.168. The molecule has 5 heteroatoms. The van der Waals surface area contributed by atoms with E-state index in [9.17, 15) is 4.79 Å². The molecule has 0 bridgehead atoms. The van der Waals surface area contributed by atoms with Crippen LogP contribution in [0.2, 0.25) is 0 Å². The number of nitrogens with two attached hydrogens (primary N) is 1. The first kappa shape index (κ1) is 12.5. The van der Waals surface area contributed by atoms with Crippen molar-refractivity contribution in [2.45, 2.75) is 20.0 Å². The molecule has 0 saturated heterocycles. The molecule has 2 heterocycles. The number of pyridine rings is 1. The van der Waals surface area contributed by atoms with E-state index in [2.05, 4.69) is 9.97 Å². The Bertz CT molecular complexity index is 805. The summed E-state index contributed by atoms with van der Waals surface area (Å²) in [7, 11) is 0. The van der Waals surface area contributed by atoms with Crippen LogP contribution in [0.5, 0.6) is 0 Å². The summed E-state index contributed by atoms with van der Waals surface area (Å²) in [6, 6.07) is 7.36. The summed E-state index contributed by atoms with van der Waals surface area (Å²) in [4.78, 5) is 19.3. The zero-order valence-corrected chi connectivity index (χ0v) is 11.3. The Hall–Kier alpha value is -2.56. The van der Waals surface area contributed by atoms with Gasteiger partial charge in [-0.05, 0) is 38.1 Å². The average Bonchev–Trinajstić information content (AvgIpc) is 2.75. The van der Waals surface area contributed by atoms with E-state index in [1.807, 2.05) is 32.0 Å². The van der Waals surface area contributed by atoms with Crippen molar-refractivity contribution in [2.75, 3.05) is 5.73 Å². The maximum atomic E-state index is 11.9. The molecule has 0 fully saturated rings. The molecule has 0 aliphatic carbocycles. The number of hydrogen-bond donors (Lipinski definition) is 2. The molecule has 2 aromatic heterocycles. The van der Waals surface area contributed by atoms with Gasteiger partial charge in [0.2, 0.25) is 0 Å². The van der Waals surface area contributed by atoms with Gasteiger partial charge in [-0.1, -0.05) is 0 Å². The molecular weight excluding hydrogens is 254 g/mol. The number of nitrogens with zero attached hydrogens (tertiary/aromatic N) is 1. The number of carbonyl (C=O) groups is 1. The predicted molar refractivity (Wildman–Crippen MR) is 78.6 cm³/mol. The number of fused-ring (bicyclic) bond motifs is 3. The highest BCUT2D eigenvalue weighted by molar-refractivity contribution is 6.09. The summed E-state index contributed by atoms with van der Waals surface area (Å²) in [5.74, 6) is -0.417. The zero-order valence-electron chi connectivity index (χ0n) is 11.3. The molecule has 102 valence electrons. The fourth-order valence-electron chi connectivity index (χ4n) is 2.20. The second-order valence-electron chi connectivity index (χ2n) is 5.00. The molecule has 0 atom stereocenters. The molecule has 0 radical (unpaired) electrons. The number of rotatable bonds is 2. The number of carbonyl (C=O) groups excluding carboxylic acids is 1. The normalized spacial score (nSPS) is 11.3. The first-order chi connectivity index (χ1) is 9.54. The van der Waals surface area contributed by atoms with Crippen molar-refractivity contribution in [1.82, 2.24) is 9.97 Å². The van der Waals surface area contributed by atoms with E-state index in [1.54, 1.807) is 12.3 Å². The Kier molecular flexibility index (Phi) is 2.82. The third-order valence-corrected chi connectivity index (χ3v) is 3.06. The smallest absolute Gasteiger partial charge is 0.357 e. The van der Waals surface area contributed by atoms with Crippen molar-refractivity contribution < 1.29 is 9.53 Å². The topological polar surface area (TPSA) is 81.0 Å². The van der Waals surface area contributed by atoms with Crippen molar-refractivity contribution in [3.05, 3.63) is 36.2 Å². The number of anilines is 1. The summed E-state index contributed by atoms with van der Waals surface area (Å²) in [6.07, 6.45) is 1.47. The monoisotopic (exact) mass is 269 g/mol. The Labute approximate surface area is 115 Å². The SMILES string of the molecule is CC(C)OC(=O)c1cc2c(cn1)[nH]c1ccc(N)cc12. The first-order valence-corrected chi connectivity index (χ1v) is 6.42. The lowest BCUT2D eigenvalue weighted by Crippen LogP contribution is -2.12. The summed E-state index contributed by atoms with van der Waals surface area (Å²) in [5.41, 5.74) is 8.63. The minimum atomic E-state index is -0.417. The maximum Gasteiger partial charge on any atom is 0.357 e. The van der Waals surface area contributed by atoms with Gasteiger partial charge < -0.3 is 15.5 Å². The molecule has 0 aliphatic rings. The molecule has 3 N–H and O–H groups in total. The molecular formula is C15H15N3O2. The van der Waals surface area contributed by atoms with Crippen LogP contribution < -0.4 is 5.73 Å². The van der Waals surface area contributed by atoms with Crippen LogP contribution in [0, 0.1) is 0 Å². The third-order valence-electron chi connectivity index (χ3n) is 3.06. The highest BCUT2D eigenvalue weighted by atomic mass is 16.5. The van der Waals surface area contributed by atoms with E-state index in [-0.39, 0.29) is 6.10 Å². The van der Waals surface area contributed by atoms with Crippen LogP contribution >= 0.6 is 0 Å². The van der Waals surface area contributed by atoms with E-state index in [1.165, 1.54) is 0 Å². The summed E-state index contributed by atoms with van der Waals surface area (Å²) >= 11 is 0. The first-order valence-electron chi connectivity index (χ1n) is 6.42. The van der Waals surface area contributed by atoms with Gasteiger partial charge in [0, 0.05) is 22.0 Å². The highest BCUT2D eigenvalue weighted by Crippen LogP contribution is 2.27. The number of hydrogen-bond acceptors (Lipinski definition) is 4. The molecule has 20 heavy (non-hydrogen) atoms. The average molecular weight is 269 g/mol. The second kappa shape index (κ2) is 4.52. The number of nitrogen functional groups attached to an aromatic ring is 1. The summed E-state index contributed by atoms with van der Waals surface area (Å²) in [6.45, 7) is 3.62. The van der Waals surface area contributed by atoms with Gasteiger partial charge in [0.25, 0.3) is 0 Å². The Balaban J connectivity index is 2.16. The van der Waals surface area contributed by atoms with Gasteiger partial charge in [0.15, 0.2) is 0 Å². The second-order valence-corrected chi connectivity index (χ2v) is 5.00. The van der Waals surface area contributed by atoms with E-state index >= 15 is 0 Å². The van der Waals surface area contributed by atoms with Crippen molar-refractivity contribution in [3.63, 3.8) is 0 Å². The quantitative estimate of drug-likeness (QED) is 0.553. The van der Waals surface area contributed by atoms with Gasteiger partial charge in [-0.15, -0.1) is 0 Å². The van der Waals surface area contributed by atoms with Gasteiger partial charge in [-0.3, -0.25) is 0 Å². The zero-order chi connectivity index (χ0) is 14.3. The number of nitrogens with one attached hydrogen (secondary N) is 1. The van der Waals surface area contributed by atoms with Gasteiger partial charge in [0.05, 0.1) is 17.8 Å². The number of esters is 1. The van der Waals surface area contributed by atoms with Crippen LogP contribution in [0.3, 0.4) is 0 Å². The van der Waals surface area contributed by atoms with E-state index < -0.39 is 5.97 Å². The molecule has 0 spiro atoms. The van der Waals surface area contributed by atoms with Crippen LogP contribution in [0.15, 0.2) is 30.5 Å². The van der Waals surface area contributed by atoms with E-state index in [0.29, 0.717) is 11.4 Å². The van der Waals surface area contributed by atoms with Crippen LogP contribution in [-0.4, -0.2) is 22.0 Å². The van der Waals surface area contributed by atoms with Gasteiger partial charge in [-0.25, -0.2) is 9.78 Å². The highest BCUT2D eigenvalue weighted by Gasteiger charge is 2.13. The third kappa shape index (κ3) is 2.07. The van der Waals surface area contributed by atoms with Crippen LogP contribution in [-0.2, 0) is 4.74 Å². The number of H-pyrrole nitrogens is 1. The standard InChI is InChI=1S/C15H15N3O2/c1-8(2)20-15(19)13-6-11-10-5-9(16)3-4-12(10)18-14(11)7-17-13/h3-8,18H,16H2,1-2H3. The van der Waals surface area contributed by atoms with Crippen molar-refractivity contribution in [3.8, 4) is 0 Å². The van der Waals surface area contributed by atoms with Gasteiger partial charge in [-0.2, -0.15) is 0 Å². The van der Waals surface area contributed by atoms with Crippen LogP contribution in [0.25, 0.3) is 21.8 Å². The lowest BCUT2D eigenvalue weighted by Gasteiger charge is -2.06. The number of aromatic amines is 1. The van der Waals surface area contributed by atoms with Crippen LogP contribution in [0.4, 0.5) is 5.69 Å². The van der Waals surface area contributed by atoms with Gasteiger partial charge in [0.1, 0.15) is 5.69 Å². The molecule has 0 saturated carbocycles. The fraction of sp³-hybridized carbons (Fsp3) is 0.200. The predicted octanol–water partition coefficient (Wildman–Crippen LogP) is 2.86. The molecule has 0 aliphatic heterocycles. The number of ether oxygens (including phenoxy) is 1. The Morgan fingerprint density at radius 3 is 2.75 bits per heavy atom. The van der Waals surface area contributed by atoms with E-state index in [0.717, 1.165) is 21.8 Å². The van der Waals surface area contributed by atoms with Gasteiger partial charge >= 0.3 is 5.97 Å². The maximum absolute atomic E-state index is 11.9. The van der Waals surface area contributed by atoms with Crippen molar-refractivity contribution >= 4 is 33.5 Å². The summed E-state index contributed by atoms with van der Waals surface area (Å²) < 4.78 is 5.16. The molecule has 1 aromatic carbocycles. The number of benzene rings is 1. The summed E-state index contributed by atoms with van der Waals surface area (Å²) in [5, 5.41) is 1.89. The lowest BCUT2D eigenvalue weighted by molar-refractivity contribution is 0.0371. The lowest BCUT2D eigenvalue weighted by atomic mass is 10.1. The molecule has 3 aromatic rings. The molecule has 0 unspecified atom stereocenters. The van der Waals surface area contributed by atoms with Crippen molar-refractivity contribution in [1.29, 1.82) is 0 Å². The molecule has 3 rings (SSSR count). The van der Waals surface area contributed by atoms with Crippen LogP contribution in [0.1, 0.15) is 24.3 Å². The fourth-order valence-corrected chi connectivity index (χ4v) is 2.20. The van der Waals surface area contributed by atoms with E-state index in [4.69, 9.17) is 10.5 Å². The van der Waals surface area contributed by atoms with Crippen molar-refractivity contribution in [2.24, 2.45) is 0 Å². The largest absolute Gasteiger partial charge is 0.458 e. The Morgan fingerprint density at radius 2 is 2.00 bits per heavy atom. The molecule has 0 amide bonds. The minimum Gasteiger partial charge on any atom is -0.458 e. The number of aromatic nitrogens is 2. The Morgan fingerprint density at radius 1 is 1.25 bits per heavy atom. The molecule has 5 nitrogen and oxygen atoms in total.